The maximum Gasteiger partial charge on any atom is 0.358 e. The Morgan fingerprint density at radius 1 is 0.441 bits per heavy atom. The second-order valence-corrected chi connectivity index (χ2v) is 29.0. The summed E-state index contributed by atoms with van der Waals surface area (Å²) in [6.45, 7) is 0. The lowest BCUT2D eigenvalue weighted by Crippen LogP contribution is -2.04. The highest BCUT2D eigenvalue weighted by molar-refractivity contribution is 7.88. The van der Waals surface area contributed by atoms with Gasteiger partial charge in [0.2, 0.25) is 11.6 Å². The molecule has 0 saturated heterocycles. The summed E-state index contributed by atoms with van der Waals surface area (Å²) in [5.41, 5.74) is -7.59. The van der Waals surface area contributed by atoms with Gasteiger partial charge in [-0.05, 0) is 72.8 Å². The van der Waals surface area contributed by atoms with Crippen LogP contribution in [-0.4, -0.2) is 145 Å². The number of aromatic hydroxyl groups is 3. The molecule has 0 radical (unpaired) electrons. The fraction of sp³-hybridized carbons (Fsp3) is 0. The minimum Gasteiger partial charge on any atom is -0.505 e. The summed E-state index contributed by atoms with van der Waals surface area (Å²) in [6, 6.07) is 6.49. The van der Waals surface area contributed by atoms with Crippen LogP contribution in [0.1, 0.15) is 10.5 Å². The van der Waals surface area contributed by atoms with Crippen LogP contribution < -0.4 is 5.73 Å². The Kier molecular flexibility index (Phi) is 17.5. The molecule has 0 bridgehead atoms. The normalized spacial score (nSPS) is 13.4. The van der Waals surface area contributed by atoms with Gasteiger partial charge in [0.05, 0.1) is 26.6 Å². The monoisotopic (exact) mass is 1450 g/mol. The van der Waals surface area contributed by atoms with Gasteiger partial charge in [-0.15, -0.1) is 40.9 Å². The number of nitro groups is 1. The molecule has 8 aromatic rings. The highest BCUT2D eigenvalue weighted by Crippen LogP contribution is 2.51. The lowest BCUT2D eigenvalue weighted by atomic mass is 10.0. The maximum atomic E-state index is 13.2. The van der Waals surface area contributed by atoms with Gasteiger partial charge < -0.3 is 26.2 Å². The van der Waals surface area contributed by atoms with Crippen molar-refractivity contribution in [2.75, 3.05) is 5.73 Å². The van der Waals surface area contributed by atoms with E-state index in [2.05, 4.69) is 46.0 Å². The van der Waals surface area contributed by atoms with Crippen LogP contribution in [0.4, 0.5) is 56.9 Å². The summed E-state index contributed by atoms with van der Waals surface area (Å²) in [7, 11) is -45.1. The first-order chi connectivity index (χ1) is 42.5. The van der Waals surface area contributed by atoms with E-state index >= 15 is 0 Å². The fourth-order valence-electron chi connectivity index (χ4n) is 8.13. The number of rotatable bonds is 19. The predicted molar refractivity (Wildman–Crippen MR) is 303 cm³/mol. The average Bonchev–Trinajstić information content (AvgIpc) is 1.36. The van der Waals surface area contributed by atoms with Gasteiger partial charge >= 0.3 is 5.97 Å². The zero-order valence-electron chi connectivity index (χ0n) is 44.0. The van der Waals surface area contributed by atoms with E-state index in [9.17, 15) is 139 Å². The number of nitrogen functional groups attached to an aromatic ring is 1. The van der Waals surface area contributed by atoms with Gasteiger partial charge in [-0.2, -0.15) is 77.1 Å². The van der Waals surface area contributed by atoms with Crippen molar-refractivity contribution in [1.29, 1.82) is 0 Å². The molecule has 0 saturated carbocycles. The number of carbonyl (C=O) groups is 1. The first-order valence-electron chi connectivity index (χ1n) is 23.1. The summed E-state index contributed by atoms with van der Waals surface area (Å²) in [5.74, 6) is -6.47. The number of nitrogens with zero attached hydrogens (tertiary/aromatic N) is 11. The number of aromatic carboxylic acids is 1. The average molecular weight is 1450 g/mol. The van der Waals surface area contributed by atoms with Crippen molar-refractivity contribution in [3.63, 3.8) is 0 Å². The largest absolute Gasteiger partial charge is 0.505 e. The van der Waals surface area contributed by atoms with Gasteiger partial charge in [0.1, 0.15) is 74.1 Å². The third-order valence-corrected chi connectivity index (χ3v) is 19.1. The molecule has 0 amide bonds. The molecule has 0 aliphatic rings. The quantitative estimate of drug-likeness (QED) is 0.0142. The van der Waals surface area contributed by atoms with E-state index in [0.717, 1.165) is 24.3 Å². The van der Waals surface area contributed by atoms with E-state index in [1.807, 2.05) is 0 Å². The first kappa shape index (κ1) is 68.9. The number of nitro benzene ring substituents is 1. The SMILES string of the molecule is Nc1c(N=Nc2ccc3c(O)c(N=Nc4cc(S(=O)(=O)O)c(N=Nc5c(C(=O)O)nn(-c6ccc(S(=O)(=O)O)cc6)c5O)cc4S(=O)(=O)O)c(S(=O)(=O)O)cc3c2S(=O)(=O)O)cc(S(=O)(=O)O)c2cc(S(=O)(=O)O)c(N=Nc3ccc([N+](=O)[O-])cc3S(=O)(=O)O)c(O)c12. The lowest BCUT2D eigenvalue weighted by Gasteiger charge is -2.15. The standard InChI is InChI=1S/C42H28N12O31S8/c43-33-25(14-26(87(65,66)67)20-11-31(92(80,81)82)35(39(56)32(20)33)50-44-21-7-3-16(54(60)61)9-27(21)88(68,69)70)48-45-22-8-6-18-19(40(22)93(83,84)85)10-30(91(77,78)79)34(38(18)55)49-46-23-12-29(90(74,75)76)24(13-28(23)89(71,72)73)47-51-36-37(42(58)59)52-53(41(36)57)15-1-4-17(5-2-15)86(62,63)64/h1-14,55-57H,43H2,(H,58,59)(H,62,63,64)(H,65,66,67)(H,68,69,70)(H,71,72,73)(H,74,75,76)(H,77,78,79)(H,80,81,82)(H,83,84,85). The molecule has 0 spiro atoms. The molecule has 1 heterocycles. The lowest BCUT2D eigenvalue weighted by molar-refractivity contribution is -0.385. The number of carboxylic acid groups (broad SMARTS) is 1. The number of anilines is 1. The van der Waals surface area contributed by atoms with E-state index in [-0.39, 0.29) is 42.1 Å². The molecule has 0 fully saturated rings. The van der Waals surface area contributed by atoms with Crippen LogP contribution in [0.15, 0.2) is 165 Å². The summed E-state index contributed by atoms with van der Waals surface area (Å²) >= 11 is 0. The van der Waals surface area contributed by atoms with Crippen molar-refractivity contribution in [2.45, 2.75) is 39.2 Å². The molecule has 0 unspecified atom stereocenters. The number of carboxylic acids is 1. The third kappa shape index (κ3) is 14.0. The number of hydrogen-bond donors (Lipinski definition) is 13. The number of non-ortho nitro benzene ring substituents is 1. The van der Waals surface area contributed by atoms with Crippen LogP contribution >= 0.6 is 0 Å². The molecule has 0 aliphatic carbocycles. The Morgan fingerprint density at radius 3 is 1.32 bits per heavy atom. The number of aromatic nitrogens is 2. The molecule has 51 heteroatoms. The van der Waals surface area contributed by atoms with E-state index in [4.69, 9.17) is 5.73 Å². The van der Waals surface area contributed by atoms with Crippen LogP contribution in [-0.2, 0) is 80.9 Å². The smallest absolute Gasteiger partial charge is 0.358 e. The third-order valence-electron chi connectivity index (χ3n) is 12.1. The summed E-state index contributed by atoms with van der Waals surface area (Å²) in [5, 5.41) is 81.5. The zero-order valence-corrected chi connectivity index (χ0v) is 50.5. The van der Waals surface area contributed by atoms with Crippen LogP contribution in [0, 0.1) is 10.1 Å². The zero-order chi connectivity index (χ0) is 69.6. The molecule has 0 aliphatic heterocycles. The number of benzene rings is 7. The summed E-state index contributed by atoms with van der Waals surface area (Å²) < 4.78 is 283. The Labute approximate surface area is 515 Å². The molecule has 14 N–H and O–H groups in total. The van der Waals surface area contributed by atoms with Crippen molar-refractivity contribution < 1.29 is 134 Å². The Hall–Kier alpha value is -9.98. The minimum absolute atomic E-state index is 0.0195. The van der Waals surface area contributed by atoms with Crippen molar-refractivity contribution >= 4 is 165 Å². The number of hydrogen-bond acceptors (Lipinski definition) is 32. The van der Waals surface area contributed by atoms with Crippen LogP contribution in [0.25, 0.3) is 27.2 Å². The van der Waals surface area contributed by atoms with Gasteiger partial charge in [-0.3, -0.25) is 46.5 Å². The predicted octanol–water partition coefficient (Wildman–Crippen LogP) is 6.12. The van der Waals surface area contributed by atoms with Crippen LogP contribution in [0.2, 0.25) is 0 Å². The van der Waals surface area contributed by atoms with Crippen molar-refractivity contribution in [2.24, 2.45) is 40.9 Å². The van der Waals surface area contributed by atoms with Crippen molar-refractivity contribution in [3.8, 4) is 23.1 Å². The topological polar surface area (TPSA) is 719 Å². The molecule has 7 aromatic carbocycles. The van der Waals surface area contributed by atoms with E-state index in [1.54, 1.807) is 0 Å². The number of phenols is 2. The number of phenolic OH excluding ortho intramolecular Hbond substituents is 2. The fourth-order valence-corrected chi connectivity index (χ4v) is 13.3. The molecule has 43 nitrogen and oxygen atoms in total. The maximum absolute atomic E-state index is 13.2. The molecule has 490 valence electrons. The molecule has 8 rings (SSSR count). The van der Waals surface area contributed by atoms with Gasteiger partial charge in [0.15, 0.2) is 17.2 Å². The molecule has 0 atom stereocenters. The summed E-state index contributed by atoms with van der Waals surface area (Å²) in [6.07, 6.45) is 0. The minimum atomic E-state index is -5.96. The second-order valence-electron chi connectivity index (χ2n) is 17.9. The highest BCUT2D eigenvalue weighted by atomic mass is 32.2. The summed E-state index contributed by atoms with van der Waals surface area (Å²) in [4.78, 5) is 10.7. The van der Waals surface area contributed by atoms with Gasteiger partial charge in [-0.1, -0.05) is 0 Å². The molecule has 1 aromatic heterocycles. The van der Waals surface area contributed by atoms with Crippen molar-refractivity contribution in [3.05, 3.63) is 101 Å². The van der Waals surface area contributed by atoms with Gasteiger partial charge in [-0.25, -0.2) is 4.79 Å². The number of azo groups is 4. The van der Waals surface area contributed by atoms with Gasteiger partial charge in [0.25, 0.3) is 86.6 Å². The molecular weight excluding hydrogens is 1430 g/mol. The Morgan fingerprint density at radius 2 is 0.860 bits per heavy atom. The van der Waals surface area contributed by atoms with Crippen LogP contribution in [0.3, 0.4) is 0 Å². The Bertz CT molecular complexity index is 5790. The van der Waals surface area contributed by atoms with E-state index in [0.29, 0.717) is 28.9 Å². The van der Waals surface area contributed by atoms with Crippen molar-refractivity contribution in [1.82, 2.24) is 9.78 Å². The molecule has 93 heavy (non-hydrogen) atoms. The highest BCUT2D eigenvalue weighted by Gasteiger charge is 2.33. The number of fused-ring (bicyclic) bond motifs is 2. The second kappa shape index (κ2) is 23.6. The van der Waals surface area contributed by atoms with E-state index < -0.39 is 232 Å². The number of nitrogens with two attached hydrogens (primary N) is 1. The van der Waals surface area contributed by atoms with E-state index in [1.165, 1.54) is 0 Å². The Balaban J connectivity index is 1.28. The first-order valence-corrected chi connectivity index (χ1v) is 34.6. The van der Waals surface area contributed by atoms with Gasteiger partial charge in [0, 0.05) is 28.3 Å². The van der Waals surface area contributed by atoms with Crippen LogP contribution in [0.5, 0.6) is 17.4 Å². The molecular formula is C42H28N12O31S8.